The summed E-state index contributed by atoms with van der Waals surface area (Å²) in [6.45, 7) is -0.276. The first kappa shape index (κ1) is 19.2. The highest BCUT2D eigenvalue weighted by molar-refractivity contribution is 7.85. The molecule has 1 aromatic heterocycles. The molecule has 9 heteroatoms. The molecule has 150 valence electrons. The number of carbonyl (C=O) groups is 1. The second kappa shape index (κ2) is 7.34. The van der Waals surface area contributed by atoms with Gasteiger partial charge in [0.2, 0.25) is 5.91 Å². The van der Waals surface area contributed by atoms with Crippen molar-refractivity contribution in [3.63, 3.8) is 0 Å². The van der Waals surface area contributed by atoms with Crippen molar-refractivity contribution in [1.29, 1.82) is 0 Å². The largest absolute Gasteiger partial charge is 0.420 e. The zero-order chi connectivity index (χ0) is 20.6. The Balaban J connectivity index is 1.84. The lowest BCUT2D eigenvalue weighted by Crippen LogP contribution is -2.62. The van der Waals surface area contributed by atoms with Gasteiger partial charge in [-0.05, 0) is 0 Å². The minimum absolute atomic E-state index is 0.276. The van der Waals surface area contributed by atoms with E-state index in [9.17, 15) is 18.0 Å². The van der Waals surface area contributed by atoms with Gasteiger partial charge in [0.05, 0.1) is 24.6 Å². The molecule has 2 heterocycles. The van der Waals surface area contributed by atoms with E-state index < -0.39 is 33.9 Å². The number of nitrogens with zero attached hydrogens (tertiary/aromatic N) is 1. The monoisotopic (exact) mass is 414 g/mol. The fourth-order valence-electron chi connectivity index (χ4n) is 3.35. The molecule has 1 saturated heterocycles. The first-order valence-electron chi connectivity index (χ1n) is 8.86. The van der Waals surface area contributed by atoms with Crippen molar-refractivity contribution in [2.75, 3.05) is 12.9 Å². The van der Waals surface area contributed by atoms with E-state index >= 15 is 0 Å². The lowest BCUT2D eigenvalue weighted by atomic mass is 9.97. The van der Waals surface area contributed by atoms with Crippen LogP contribution in [0.5, 0.6) is 0 Å². The van der Waals surface area contributed by atoms with E-state index in [1.165, 1.54) is 4.57 Å². The lowest BCUT2D eigenvalue weighted by molar-refractivity contribution is -0.135. The van der Waals surface area contributed by atoms with Crippen LogP contribution in [0.25, 0.3) is 22.6 Å². The van der Waals surface area contributed by atoms with Gasteiger partial charge in [0.15, 0.2) is 5.76 Å². The summed E-state index contributed by atoms with van der Waals surface area (Å²) in [4.78, 5) is 25.1. The van der Waals surface area contributed by atoms with Gasteiger partial charge in [-0.3, -0.25) is 13.5 Å². The second-order valence-corrected chi connectivity index (χ2v) is 8.34. The molecule has 2 atom stereocenters. The summed E-state index contributed by atoms with van der Waals surface area (Å²) in [6.07, 6.45) is 0.926. The number of hydrogen-bond donors (Lipinski definition) is 1. The van der Waals surface area contributed by atoms with Crippen molar-refractivity contribution in [1.82, 2.24) is 9.88 Å². The summed E-state index contributed by atoms with van der Waals surface area (Å²) in [5.74, 6) is -0.775. The van der Waals surface area contributed by atoms with Crippen LogP contribution in [0.1, 0.15) is 6.04 Å². The van der Waals surface area contributed by atoms with Crippen molar-refractivity contribution in [3.8, 4) is 22.6 Å². The van der Waals surface area contributed by atoms with Crippen molar-refractivity contribution in [2.24, 2.45) is 0 Å². The molecule has 2 aromatic carbocycles. The van der Waals surface area contributed by atoms with Gasteiger partial charge >= 0.3 is 5.76 Å². The maximum atomic E-state index is 12.8. The van der Waals surface area contributed by atoms with Crippen molar-refractivity contribution < 1.29 is 21.8 Å². The molecular weight excluding hydrogens is 396 g/mol. The predicted molar refractivity (Wildman–Crippen MR) is 106 cm³/mol. The van der Waals surface area contributed by atoms with Gasteiger partial charge in [-0.2, -0.15) is 8.42 Å². The molecular formula is C20H18N2O6S. The number of benzene rings is 2. The Morgan fingerprint density at radius 2 is 1.59 bits per heavy atom. The summed E-state index contributed by atoms with van der Waals surface area (Å²) in [7, 11) is -3.69. The molecule has 2 unspecified atom stereocenters. The first-order chi connectivity index (χ1) is 13.8. The quantitative estimate of drug-likeness (QED) is 0.487. The molecule has 1 fully saturated rings. The molecule has 8 nitrogen and oxygen atoms in total. The maximum Gasteiger partial charge on any atom is 0.420 e. The van der Waals surface area contributed by atoms with Gasteiger partial charge in [0, 0.05) is 11.1 Å². The summed E-state index contributed by atoms with van der Waals surface area (Å²) >= 11 is 0. The van der Waals surface area contributed by atoms with E-state index in [0.29, 0.717) is 22.6 Å². The Morgan fingerprint density at radius 3 is 2.14 bits per heavy atom. The topological polar surface area (TPSA) is 108 Å². The number of oxazole rings is 1. The minimum atomic E-state index is -3.69. The first-order valence-corrected chi connectivity index (χ1v) is 10.7. The van der Waals surface area contributed by atoms with Crippen LogP contribution in [-0.4, -0.2) is 37.8 Å². The van der Waals surface area contributed by atoms with Crippen LogP contribution in [0, 0.1) is 0 Å². The maximum absolute atomic E-state index is 12.8. The van der Waals surface area contributed by atoms with Crippen LogP contribution in [0.15, 0.2) is 69.9 Å². The third-order valence-electron chi connectivity index (χ3n) is 4.64. The van der Waals surface area contributed by atoms with Crippen LogP contribution >= 0.6 is 0 Å². The number of hydrogen-bond acceptors (Lipinski definition) is 6. The summed E-state index contributed by atoms with van der Waals surface area (Å²) in [6, 6.07) is 16.6. The summed E-state index contributed by atoms with van der Waals surface area (Å²) in [5.41, 5.74) is 1.83. The number of aromatic nitrogens is 1. The Morgan fingerprint density at radius 1 is 1.00 bits per heavy atom. The molecule has 1 aliphatic rings. The van der Waals surface area contributed by atoms with E-state index in [4.69, 9.17) is 8.60 Å². The van der Waals surface area contributed by atoms with Gasteiger partial charge in [-0.15, -0.1) is 0 Å². The number of amides is 1. The van der Waals surface area contributed by atoms with Crippen LogP contribution in [0.2, 0.25) is 0 Å². The molecule has 4 rings (SSSR count). The number of rotatable bonds is 6. The van der Waals surface area contributed by atoms with Crippen LogP contribution in [-0.2, 0) is 19.1 Å². The number of β-lactam (4-membered cyclic amide) rings is 1. The van der Waals surface area contributed by atoms with E-state index in [-0.39, 0.29) is 6.61 Å². The van der Waals surface area contributed by atoms with Crippen LogP contribution in [0.3, 0.4) is 0 Å². The standard InChI is InChI=1S/C20H18N2O6S/c1-29(25,26)27-12-15-17(19(23)21-15)22-16(13-8-4-2-5-9-13)18(28-20(22)24)14-10-6-3-7-11-14/h2-11,15,17H,12H2,1H3,(H,21,23). The lowest BCUT2D eigenvalue weighted by Gasteiger charge is -2.36. The van der Waals surface area contributed by atoms with Crippen molar-refractivity contribution in [3.05, 3.63) is 71.2 Å². The zero-order valence-corrected chi connectivity index (χ0v) is 16.3. The molecule has 0 spiro atoms. The smallest absolute Gasteiger partial charge is 0.407 e. The summed E-state index contributed by atoms with van der Waals surface area (Å²) < 4.78 is 34.3. The summed E-state index contributed by atoms with van der Waals surface area (Å²) in [5, 5.41) is 2.59. The molecule has 0 radical (unpaired) electrons. The Labute approximate surface area is 166 Å². The molecule has 29 heavy (non-hydrogen) atoms. The average Bonchev–Trinajstić information content (AvgIpc) is 3.02. The molecule has 1 amide bonds. The fourth-order valence-corrected chi connectivity index (χ4v) is 3.74. The predicted octanol–water partition coefficient (Wildman–Crippen LogP) is 1.79. The third kappa shape index (κ3) is 3.74. The Bertz CT molecular complexity index is 1200. The van der Waals surface area contributed by atoms with Gasteiger partial charge in [0.1, 0.15) is 6.04 Å². The molecule has 1 N–H and O–H groups in total. The van der Waals surface area contributed by atoms with E-state index in [2.05, 4.69) is 5.32 Å². The van der Waals surface area contributed by atoms with Gasteiger partial charge in [-0.25, -0.2) is 4.79 Å². The second-order valence-electron chi connectivity index (χ2n) is 6.70. The number of carbonyl (C=O) groups excluding carboxylic acids is 1. The van der Waals surface area contributed by atoms with Crippen LogP contribution < -0.4 is 11.1 Å². The van der Waals surface area contributed by atoms with Crippen LogP contribution in [0.4, 0.5) is 0 Å². The molecule has 3 aromatic rings. The Kier molecular flexibility index (Phi) is 4.85. The highest BCUT2D eigenvalue weighted by atomic mass is 32.2. The third-order valence-corrected chi connectivity index (χ3v) is 5.21. The van der Waals surface area contributed by atoms with Gasteiger partial charge in [0.25, 0.3) is 10.1 Å². The molecule has 0 saturated carbocycles. The Hall–Kier alpha value is -3.17. The fraction of sp³-hybridized carbons (Fsp3) is 0.200. The van der Waals surface area contributed by atoms with Gasteiger partial charge < -0.3 is 9.73 Å². The van der Waals surface area contributed by atoms with E-state index in [0.717, 1.165) is 6.26 Å². The average molecular weight is 414 g/mol. The van der Waals surface area contributed by atoms with E-state index in [1.807, 2.05) is 48.5 Å². The number of nitrogens with one attached hydrogen (secondary N) is 1. The molecule has 0 bridgehead atoms. The van der Waals surface area contributed by atoms with Crippen molar-refractivity contribution >= 4 is 16.0 Å². The minimum Gasteiger partial charge on any atom is -0.407 e. The molecule has 1 aliphatic heterocycles. The molecule has 0 aliphatic carbocycles. The highest BCUT2D eigenvalue weighted by Gasteiger charge is 2.44. The highest BCUT2D eigenvalue weighted by Crippen LogP contribution is 2.35. The van der Waals surface area contributed by atoms with Gasteiger partial charge in [-0.1, -0.05) is 60.7 Å². The van der Waals surface area contributed by atoms with Crippen molar-refractivity contribution in [2.45, 2.75) is 12.1 Å². The SMILES string of the molecule is CS(=O)(=O)OCC1NC(=O)C1n1c(-c2ccccc2)c(-c2ccccc2)oc1=O. The normalized spacial score (nSPS) is 18.9. The van der Waals surface area contributed by atoms with E-state index in [1.54, 1.807) is 12.1 Å². The zero-order valence-electron chi connectivity index (χ0n) is 15.4.